The van der Waals surface area contributed by atoms with E-state index in [0.717, 1.165) is 16.3 Å². The number of nitrogens with one attached hydrogen (secondary N) is 1. The molecule has 0 bridgehead atoms. The monoisotopic (exact) mass is 247 g/mol. The van der Waals surface area contributed by atoms with Gasteiger partial charge in [-0.1, -0.05) is 0 Å². The fraction of sp³-hybridized carbons (Fsp3) is 0.0909. The maximum atomic E-state index is 10.9. The molecule has 0 aliphatic rings. The average Bonchev–Trinajstić information content (AvgIpc) is 2.88. The van der Waals surface area contributed by atoms with Crippen LogP contribution in [0.1, 0.15) is 16.1 Å². The van der Waals surface area contributed by atoms with Crippen molar-refractivity contribution in [1.82, 2.24) is 14.4 Å². The molecule has 0 saturated heterocycles. The van der Waals surface area contributed by atoms with Gasteiger partial charge in [0.25, 0.3) is 0 Å². The second-order valence-electron chi connectivity index (χ2n) is 3.77. The zero-order valence-electron chi connectivity index (χ0n) is 8.97. The van der Waals surface area contributed by atoms with E-state index in [1.54, 1.807) is 24.3 Å². The molecule has 3 aromatic heterocycles. The van der Waals surface area contributed by atoms with Crippen molar-refractivity contribution < 1.29 is 9.90 Å². The maximum Gasteiger partial charge on any atom is 0.352 e. The van der Waals surface area contributed by atoms with E-state index in [1.165, 1.54) is 0 Å². The van der Waals surface area contributed by atoms with Gasteiger partial charge in [0, 0.05) is 17.8 Å². The van der Waals surface area contributed by atoms with Gasteiger partial charge in [0.15, 0.2) is 4.96 Å². The van der Waals surface area contributed by atoms with Gasteiger partial charge in [0.1, 0.15) is 11.4 Å². The minimum Gasteiger partial charge on any atom is -0.477 e. The van der Waals surface area contributed by atoms with Crippen molar-refractivity contribution in [1.29, 1.82) is 0 Å². The Morgan fingerprint density at radius 1 is 1.59 bits per heavy atom. The number of carbonyl (C=O) groups is 1. The Bertz CT molecular complexity index is 679. The minimum atomic E-state index is -0.949. The lowest BCUT2D eigenvalue weighted by molar-refractivity contribution is 0.0690. The molecule has 2 N–H and O–H groups in total. The number of imidazole rings is 1. The lowest BCUT2D eigenvalue weighted by atomic mass is 10.2. The van der Waals surface area contributed by atoms with Crippen LogP contribution in [0, 0.1) is 6.92 Å². The number of hydrogen-bond acceptors (Lipinski definition) is 3. The molecule has 3 heterocycles. The number of H-pyrrole nitrogens is 1. The van der Waals surface area contributed by atoms with E-state index in [1.807, 2.05) is 22.2 Å². The van der Waals surface area contributed by atoms with Crippen LogP contribution in [0.3, 0.4) is 0 Å². The van der Waals surface area contributed by atoms with E-state index in [9.17, 15) is 4.79 Å². The summed E-state index contributed by atoms with van der Waals surface area (Å²) in [6.07, 6.45) is 3.80. The number of aromatic nitrogens is 3. The standard InChI is InChI=1S/C11H9N3O2S/c1-6-4-7(12-9(6)10(15)16)8-5-14-2-3-17-11(14)13-8/h2-5,12H,1H3,(H,15,16). The average molecular weight is 247 g/mol. The summed E-state index contributed by atoms with van der Waals surface area (Å²) < 4.78 is 1.91. The Labute approximate surface area is 100 Å². The molecule has 0 aliphatic carbocycles. The summed E-state index contributed by atoms with van der Waals surface area (Å²) in [4.78, 5) is 19.1. The molecular formula is C11H9N3O2S. The van der Waals surface area contributed by atoms with Crippen LogP contribution in [-0.4, -0.2) is 25.4 Å². The Morgan fingerprint density at radius 3 is 3.06 bits per heavy atom. The van der Waals surface area contributed by atoms with Gasteiger partial charge < -0.3 is 10.1 Å². The van der Waals surface area contributed by atoms with Crippen LogP contribution in [0.15, 0.2) is 23.8 Å². The fourth-order valence-corrected chi connectivity index (χ4v) is 2.48. The quantitative estimate of drug-likeness (QED) is 0.730. The highest BCUT2D eigenvalue weighted by Crippen LogP contribution is 2.23. The molecule has 0 radical (unpaired) electrons. The van der Waals surface area contributed by atoms with Gasteiger partial charge in [-0.2, -0.15) is 0 Å². The largest absolute Gasteiger partial charge is 0.477 e. The number of aryl methyl sites for hydroxylation is 1. The normalized spacial score (nSPS) is 11.1. The molecule has 5 nitrogen and oxygen atoms in total. The van der Waals surface area contributed by atoms with E-state index < -0.39 is 5.97 Å². The van der Waals surface area contributed by atoms with Crippen molar-refractivity contribution in [3.8, 4) is 11.4 Å². The summed E-state index contributed by atoms with van der Waals surface area (Å²) in [5.41, 5.74) is 2.42. The topological polar surface area (TPSA) is 70.4 Å². The molecule has 0 spiro atoms. The molecule has 0 saturated carbocycles. The third kappa shape index (κ3) is 1.53. The number of carboxylic acids is 1. The molecule has 0 fully saturated rings. The Balaban J connectivity index is 2.12. The number of hydrogen-bond donors (Lipinski definition) is 2. The van der Waals surface area contributed by atoms with Crippen molar-refractivity contribution in [3.63, 3.8) is 0 Å². The summed E-state index contributed by atoms with van der Waals surface area (Å²) in [5, 5.41) is 10.9. The third-order valence-corrected chi connectivity index (χ3v) is 3.37. The van der Waals surface area contributed by atoms with Crippen LogP contribution in [0.4, 0.5) is 0 Å². The highest BCUT2D eigenvalue weighted by atomic mass is 32.1. The number of thiazole rings is 1. The molecule has 3 rings (SSSR count). The van der Waals surface area contributed by atoms with E-state index in [0.29, 0.717) is 5.56 Å². The second kappa shape index (κ2) is 3.46. The van der Waals surface area contributed by atoms with Gasteiger partial charge in [-0.05, 0) is 18.6 Å². The first-order chi connectivity index (χ1) is 8.15. The second-order valence-corrected chi connectivity index (χ2v) is 4.64. The molecule has 6 heteroatoms. The third-order valence-electron chi connectivity index (χ3n) is 2.60. The van der Waals surface area contributed by atoms with Crippen LogP contribution in [0.25, 0.3) is 16.3 Å². The highest BCUT2D eigenvalue weighted by Gasteiger charge is 2.14. The summed E-state index contributed by atoms with van der Waals surface area (Å²) in [7, 11) is 0. The number of nitrogens with zero attached hydrogens (tertiary/aromatic N) is 2. The summed E-state index contributed by atoms with van der Waals surface area (Å²) in [5.74, 6) is -0.949. The number of carboxylic acid groups (broad SMARTS) is 1. The summed E-state index contributed by atoms with van der Waals surface area (Å²) in [6, 6.07) is 1.80. The van der Waals surface area contributed by atoms with Gasteiger partial charge in [-0.25, -0.2) is 9.78 Å². The Morgan fingerprint density at radius 2 is 2.41 bits per heavy atom. The van der Waals surface area contributed by atoms with Crippen LogP contribution >= 0.6 is 11.3 Å². The van der Waals surface area contributed by atoms with Crippen molar-refractivity contribution in [2.75, 3.05) is 0 Å². The number of rotatable bonds is 2. The minimum absolute atomic E-state index is 0.219. The predicted molar refractivity (Wildman–Crippen MR) is 64.6 cm³/mol. The van der Waals surface area contributed by atoms with E-state index in [4.69, 9.17) is 5.11 Å². The molecule has 0 amide bonds. The van der Waals surface area contributed by atoms with Crippen molar-refractivity contribution in [2.24, 2.45) is 0 Å². The fourth-order valence-electron chi connectivity index (χ4n) is 1.78. The zero-order valence-corrected chi connectivity index (χ0v) is 9.78. The lowest BCUT2D eigenvalue weighted by Gasteiger charge is -1.90. The zero-order chi connectivity index (χ0) is 12.0. The highest BCUT2D eigenvalue weighted by molar-refractivity contribution is 7.15. The molecule has 0 aromatic carbocycles. The first-order valence-corrected chi connectivity index (χ1v) is 5.88. The van der Waals surface area contributed by atoms with E-state index >= 15 is 0 Å². The molecule has 86 valence electrons. The molecule has 0 unspecified atom stereocenters. The van der Waals surface area contributed by atoms with Crippen LogP contribution in [-0.2, 0) is 0 Å². The molecule has 0 aliphatic heterocycles. The van der Waals surface area contributed by atoms with Crippen LogP contribution in [0.2, 0.25) is 0 Å². The van der Waals surface area contributed by atoms with Gasteiger partial charge >= 0.3 is 5.97 Å². The van der Waals surface area contributed by atoms with Crippen molar-refractivity contribution in [3.05, 3.63) is 35.1 Å². The SMILES string of the molecule is Cc1cc(-c2cn3ccsc3n2)[nH]c1C(=O)O. The number of aromatic carboxylic acids is 1. The lowest BCUT2D eigenvalue weighted by Crippen LogP contribution is -1.98. The van der Waals surface area contributed by atoms with E-state index in [-0.39, 0.29) is 5.69 Å². The first kappa shape index (κ1) is 10.1. The first-order valence-electron chi connectivity index (χ1n) is 5.00. The van der Waals surface area contributed by atoms with Crippen LogP contribution in [0.5, 0.6) is 0 Å². The van der Waals surface area contributed by atoms with Gasteiger partial charge in [0.2, 0.25) is 0 Å². The van der Waals surface area contributed by atoms with E-state index in [2.05, 4.69) is 9.97 Å². The molecule has 17 heavy (non-hydrogen) atoms. The predicted octanol–water partition coefficient (Wildman–Crippen LogP) is 2.40. The Hall–Kier alpha value is -2.08. The van der Waals surface area contributed by atoms with Crippen molar-refractivity contribution >= 4 is 22.3 Å². The Kier molecular flexibility index (Phi) is 2.05. The summed E-state index contributed by atoms with van der Waals surface area (Å²) >= 11 is 1.54. The van der Waals surface area contributed by atoms with Crippen molar-refractivity contribution in [2.45, 2.75) is 6.92 Å². The number of aromatic amines is 1. The van der Waals surface area contributed by atoms with Gasteiger partial charge in [0.05, 0.1) is 5.69 Å². The molecule has 0 atom stereocenters. The molecule has 3 aromatic rings. The van der Waals surface area contributed by atoms with Gasteiger partial charge in [-0.3, -0.25) is 4.40 Å². The number of fused-ring (bicyclic) bond motifs is 1. The summed E-state index contributed by atoms with van der Waals surface area (Å²) in [6.45, 7) is 1.77. The van der Waals surface area contributed by atoms with Crippen LogP contribution < -0.4 is 0 Å². The maximum absolute atomic E-state index is 10.9. The molecular weight excluding hydrogens is 238 g/mol. The smallest absolute Gasteiger partial charge is 0.352 e. The van der Waals surface area contributed by atoms with Gasteiger partial charge in [-0.15, -0.1) is 11.3 Å².